The Morgan fingerprint density at radius 2 is 2.10 bits per heavy atom. The molecule has 0 saturated carbocycles. The van der Waals surface area contributed by atoms with Gasteiger partial charge in [0.05, 0.1) is 6.61 Å². The van der Waals surface area contributed by atoms with Crippen molar-refractivity contribution >= 4 is 11.6 Å². The van der Waals surface area contributed by atoms with Crippen molar-refractivity contribution in [2.75, 3.05) is 6.61 Å². The predicted octanol–water partition coefficient (Wildman–Crippen LogP) is 4.60. The van der Waals surface area contributed by atoms with E-state index in [9.17, 15) is 0 Å². The fraction of sp³-hybridized carbons (Fsp3) is 0.333. The number of para-hydroxylation sites is 1. The van der Waals surface area contributed by atoms with E-state index in [-0.39, 0.29) is 6.04 Å². The minimum atomic E-state index is -0.000133. The van der Waals surface area contributed by atoms with Crippen LogP contribution >= 0.6 is 11.6 Å². The Kier molecular flexibility index (Phi) is 4.18. The maximum atomic E-state index is 6.45. The molecule has 2 unspecified atom stereocenters. The number of benzene rings is 2. The van der Waals surface area contributed by atoms with Gasteiger partial charge < -0.3 is 10.5 Å². The summed E-state index contributed by atoms with van der Waals surface area (Å²) in [6.07, 6.45) is 1.94. The molecule has 0 radical (unpaired) electrons. The van der Waals surface area contributed by atoms with Gasteiger partial charge in [-0.15, -0.1) is 0 Å². The average molecular weight is 302 g/mol. The van der Waals surface area contributed by atoms with Crippen LogP contribution in [0, 0.1) is 6.92 Å². The standard InChI is InChI=1S/C18H20ClNO/c1-12-6-7-14(19)11-16(12)17(20)10-13-8-9-21-18-5-3-2-4-15(13)18/h2-7,11,13,17H,8-10,20H2,1H3. The molecule has 0 spiro atoms. The third-order valence-electron chi connectivity index (χ3n) is 4.26. The minimum Gasteiger partial charge on any atom is -0.493 e. The first-order valence-corrected chi connectivity index (χ1v) is 7.76. The lowest BCUT2D eigenvalue weighted by atomic mass is 9.85. The second-order valence-corrected chi connectivity index (χ2v) is 6.15. The molecule has 2 aromatic rings. The van der Waals surface area contributed by atoms with E-state index in [0.717, 1.165) is 35.8 Å². The molecule has 2 nitrogen and oxygen atoms in total. The lowest BCUT2D eigenvalue weighted by Gasteiger charge is -2.28. The normalized spacial score (nSPS) is 18.7. The average Bonchev–Trinajstić information content (AvgIpc) is 2.50. The second-order valence-electron chi connectivity index (χ2n) is 5.71. The molecule has 0 aliphatic carbocycles. The highest BCUT2D eigenvalue weighted by molar-refractivity contribution is 6.30. The molecule has 1 aliphatic rings. The number of halogens is 1. The van der Waals surface area contributed by atoms with E-state index in [0.29, 0.717) is 5.92 Å². The number of fused-ring (bicyclic) bond motifs is 1. The van der Waals surface area contributed by atoms with Gasteiger partial charge in [0.25, 0.3) is 0 Å². The largest absolute Gasteiger partial charge is 0.493 e. The molecule has 0 amide bonds. The summed E-state index contributed by atoms with van der Waals surface area (Å²) < 4.78 is 5.72. The van der Waals surface area contributed by atoms with Crippen LogP contribution in [0.4, 0.5) is 0 Å². The highest BCUT2D eigenvalue weighted by Gasteiger charge is 2.24. The quantitative estimate of drug-likeness (QED) is 0.899. The first-order valence-electron chi connectivity index (χ1n) is 7.38. The summed E-state index contributed by atoms with van der Waals surface area (Å²) in [5.41, 5.74) is 10.1. The van der Waals surface area contributed by atoms with Crippen molar-refractivity contribution in [3.8, 4) is 5.75 Å². The molecule has 21 heavy (non-hydrogen) atoms. The number of hydrogen-bond acceptors (Lipinski definition) is 2. The molecule has 110 valence electrons. The van der Waals surface area contributed by atoms with Gasteiger partial charge >= 0.3 is 0 Å². The zero-order chi connectivity index (χ0) is 14.8. The predicted molar refractivity (Wildman–Crippen MR) is 87.0 cm³/mol. The molecular formula is C18H20ClNO. The minimum absolute atomic E-state index is 0.000133. The molecular weight excluding hydrogens is 282 g/mol. The van der Waals surface area contributed by atoms with Gasteiger partial charge in [-0.05, 0) is 60.6 Å². The van der Waals surface area contributed by atoms with Gasteiger partial charge in [0.2, 0.25) is 0 Å². The molecule has 1 aliphatic heterocycles. The van der Waals surface area contributed by atoms with Gasteiger partial charge in [-0.3, -0.25) is 0 Å². The van der Waals surface area contributed by atoms with E-state index in [1.807, 2.05) is 30.3 Å². The van der Waals surface area contributed by atoms with Crippen LogP contribution in [0.1, 0.15) is 41.5 Å². The number of ether oxygens (including phenoxy) is 1. The number of rotatable bonds is 3. The van der Waals surface area contributed by atoms with Crippen LogP contribution in [0.5, 0.6) is 5.75 Å². The topological polar surface area (TPSA) is 35.2 Å². The van der Waals surface area contributed by atoms with Gasteiger partial charge in [0.1, 0.15) is 5.75 Å². The van der Waals surface area contributed by atoms with Crippen LogP contribution in [0.2, 0.25) is 5.02 Å². The molecule has 2 N–H and O–H groups in total. The monoisotopic (exact) mass is 301 g/mol. The second kappa shape index (κ2) is 6.08. The fourth-order valence-corrected chi connectivity index (χ4v) is 3.29. The van der Waals surface area contributed by atoms with E-state index in [2.05, 4.69) is 19.1 Å². The molecule has 0 fully saturated rings. The summed E-state index contributed by atoms with van der Waals surface area (Å²) in [5.74, 6) is 1.45. The van der Waals surface area contributed by atoms with Gasteiger partial charge in [0.15, 0.2) is 0 Å². The van der Waals surface area contributed by atoms with Crippen molar-refractivity contribution in [1.82, 2.24) is 0 Å². The SMILES string of the molecule is Cc1ccc(Cl)cc1C(N)CC1CCOc2ccccc21. The van der Waals surface area contributed by atoms with Gasteiger partial charge in [-0.1, -0.05) is 35.9 Å². The highest BCUT2D eigenvalue weighted by Crippen LogP contribution is 2.38. The number of hydrogen-bond donors (Lipinski definition) is 1. The number of nitrogens with two attached hydrogens (primary N) is 1. The van der Waals surface area contributed by atoms with Gasteiger partial charge in [0, 0.05) is 11.1 Å². The van der Waals surface area contributed by atoms with Crippen molar-refractivity contribution < 1.29 is 4.74 Å². The van der Waals surface area contributed by atoms with Crippen molar-refractivity contribution in [1.29, 1.82) is 0 Å². The third-order valence-corrected chi connectivity index (χ3v) is 4.50. The third kappa shape index (κ3) is 3.07. The summed E-state index contributed by atoms with van der Waals surface area (Å²) in [4.78, 5) is 0. The van der Waals surface area contributed by atoms with E-state index < -0.39 is 0 Å². The summed E-state index contributed by atoms with van der Waals surface area (Å²) in [7, 11) is 0. The lowest BCUT2D eigenvalue weighted by molar-refractivity contribution is 0.259. The van der Waals surface area contributed by atoms with Crippen LogP contribution < -0.4 is 10.5 Å². The Morgan fingerprint density at radius 3 is 2.95 bits per heavy atom. The number of aryl methyl sites for hydroxylation is 1. The summed E-state index contributed by atoms with van der Waals surface area (Å²) in [6.45, 7) is 2.85. The van der Waals surface area contributed by atoms with Crippen LogP contribution in [0.3, 0.4) is 0 Å². The smallest absolute Gasteiger partial charge is 0.122 e. The Hall–Kier alpha value is -1.51. The maximum Gasteiger partial charge on any atom is 0.122 e. The highest BCUT2D eigenvalue weighted by atomic mass is 35.5. The van der Waals surface area contributed by atoms with Crippen molar-refractivity contribution in [2.45, 2.75) is 31.7 Å². The fourth-order valence-electron chi connectivity index (χ4n) is 3.11. The molecule has 2 atom stereocenters. The van der Waals surface area contributed by atoms with E-state index in [4.69, 9.17) is 22.1 Å². The summed E-state index contributed by atoms with van der Waals surface area (Å²) in [6, 6.07) is 14.2. The molecule has 0 aromatic heterocycles. The van der Waals surface area contributed by atoms with Crippen molar-refractivity contribution in [2.24, 2.45) is 5.73 Å². The van der Waals surface area contributed by atoms with E-state index >= 15 is 0 Å². The van der Waals surface area contributed by atoms with Crippen molar-refractivity contribution in [3.05, 3.63) is 64.2 Å². The summed E-state index contributed by atoms with van der Waals surface area (Å²) >= 11 is 6.11. The maximum absolute atomic E-state index is 6.45. The van der Waals surface area contributed by atoms with E-state index in [1.54, 1.807) is 0 Å². The molecule has 3 heteroatoms. The van der Waals surface area contributed by atoms with Crippen LogP contribution in [0.15, 0.2) is 42.5 Å². The molecule has 1 heterocycles. The Labute approximate surface area is 130 Å². The zero-order valence-corrected chi connectivity index (χ0v) is 12.9. The lowest BCUT2D eigenvalue weighted by Crippen LogP contribution is -2.20. The van der Waals surface area contributed by atoms with Crippen LogP contribution in [-0.2, 0) is 0 Å². The summed E-state index contributed by atoms with van der Waals surface area (Å²) in [5, 5.41) is 0.749. The van der Waals surface area contributed by atoms with Gasteiger partial charge in [-0.25, -0.2) is 0 Å². The molecule has 0 bridgehead atoms. The van der Waals surface area contributed by atoms with Crippen LogP contribution in [-0.4, -0.2) is 6.61 Å². The first-order chi connectivity index (χ1) is 10.1. The first kappa shape index (κ1) is 14.4. The molecule has 2 aromatic carbocycles. The Morgan fingerprint density at radius 1 is 1.29 bits per heavy atom. The Balaban J connectivity index is 1.82. The Bertz CT molecular complexity index is 641. The molecule has 0 saturated heterocycles. The van der Waals surface area contributed by atoms with Crippen molar-refractivity contribution in [3.63, 3.8) is 0 Å². The molecule has 3 rings (SSSR count). The van der Waals surface area contributed by atoms with E-state index in [1.165, 1.54) is 11.1 Å². The zero-order valence-electron chi connectivity index (χ0n) is 12.2. The van der Waals surface area contributed by atoms with Crippen LogP contribution in [0.25, 0.3) is 0 Å². The van der Waals surface area contributed by atoms with Gasteiger partial charge in [-0.2, -0.15) is 0 Å².